The molecule has 1 aromatic carbocycles. The van der Waals surface area contributed by atoms with Crippen molar-refractivity contribution in [3.8, 4) is 0 Å². The van der Waals surface area contributed by atoms with E-state index in [9.17, 15) is 19.5 Å². The summed E-state index contributed by atoms with van der Waals surface area (Å²) in [6, 6.07) is 7.97. The van der Waals surface area contributed by atoms with E-state index in [1.54, 1.807) is 11.8 Å². The minimum absolute atomic E-state index is 0.114. The summed E-state index contributed by atoms with van der Waals surface area (Å²) in [5.41, 5.74) is 0.828. The first-order chi connectivity index (χ1) is 13.4. The third kappa shape index (κ3) is 8.02. The molecule has 0 radical (unpaired) electrons. The molecule has 1 rings (SSSR count). The highest BCUT2D eigenvalue weighted by molar-refractivity contribution is 7.98. The molecule has 0 aliphatic heterocycles. The summed E-state index contributed by atoms with van der Waals surface area (Å²) < 4.78 is 0. The van der Waals surface area contributed by atoms with Crippen molar-refractivity contribution in [1.29, 1.82) is 0 Å². The van der Waals surface area contributed by atoms with E-state index in [0.717, 1.165) is 11.3 Å². The number of carbonyl (C=O) groups is 3. The van der Waals surface area contributed by atoms with Gasteiger partial charge in [-0.05, 0) is 42.8 Å². The lowest BCUT2D eigenvalue weighted by atomic mass is 9.85. The van der Waals surface area contributed by atoms with Crippen LogP contribution in [0.5, 0.6) is 0 Å². The first-order valence-corrected chi connectivity index (χ1v) is 11.0. The van der Waals surface area contributed by atoms with Gasteiger partial charge in [0.15, 0.2) is 5.78 Å². The molecule has 0 aliphatic carbocycles. The minimum Gasteiger partial charge on any atom is -0.396 e. The first-order valence-electron chi connectivity index (χ1n) is 9.63. The molecule has 3 N–H and O–H groups in total. The van der Waals surface area contributed by atoms with Gasteiger partial charge in [-0.3, -0.25) is 14.4 Å². The molecule has 2 amide bonds. The van der Waals surface area contributed by atoms with Gasteiger partial charge in [0.1, 0.15) is 6.04 Å². The molecule has 28 heavy (non-hydrogen) atoms. The van der Waals surface area contributed by atoms with Crippen LogP contribution in [0.25, 0.3) is 0 Å². The van der Waals surface area contributed by atoms with Crippen LogP contribution in [0.15, 0.2) is 30.3 Å². The molecule has 0 aliphatic rings. The molecule has 1 unspecified atom stereocenters. The van der Waals surface area contributed by atoms with Gasteiger partial charge in [0.05, 0.1) is 6.04 Å². The average molecular weight is 409 g/mol. The second-order valence-electron chi connectivity index (χ2n) is 7.19. The molecule has 3 atom stereocenters. The van der Waals surface area contributed by atoms with Crippen LogP contribution in [-0.2, 0) is 14.4 Å². The summed E-state index contributed by atoms with van der Waals surface area (Å²) >= 11 is 1.59. The molecule has 7 heteroatoms. The lowest BCUT2D eigenvalue weighted by molar-refractivity contribution is -0.131. The number of hydrogen-bond acceptors (Lipinski definition) is 5. The Bertz CT molecular complexity index is 610. The van der Waals surface area contributed by atoms with E-state index in [-0.39, 0.29) is 24.2 Å². The monoisotopic (exact) mass is 408 g/mol. The third-order valence-corrected chi connectivity index (χ3v) is 5.17. The first kappa shape index (κ1) is 24.2. The molecule has 0 heterocycles. The highest BCUT2D eigenvalue weighted by Crippen LogP contribution is 2.24. The van der Waals surface area contributed by atoms with Gasteiger partial charge < -0.3 is 15.7 Å². The molecule has 156 valence electrons. The van der Waals surface area contributed by atoms with E-state index >= 15 is 0 Å². The fourth-order valence-corrected chi connectivity index (χ4v) is 3.60. The van der Waals surface area contributed by atoms with Gasteiger partial charge in [-0.15, -0.1) is 0 Å². The largest absolute Gasteiger partial charge is 0.396 e. The van der Waals surface area contributed by atoms with Gasteiger partial charge in [-0.2, -0.15) is 11.8 Å². The van der Waals surface area contributed by atoms with Crippen LogP contribution in [0.2, 0.25) is 0 Å². The zero-order valence-corrected chi connectivity index (χ0v) is 17.7. The van der Waals surface area contributed by atoms with Crippen molar-refractivity contribution in [1.82, 2.24) is 10.6 Å². The van der Waals surface area contributed by atoms with E-state index in [1.165, 1.54) is 0 Å². The van der Waals surface area contributed by atoms with E-state index in [0.29, 0.717) is 25.7 Å². The Morgan fingerprint density at radius 2 is 1.82 bits per heavy atom. The van der Waals surface area contributed by atoms with Crippen molar-refractivity contribution >= 4 is 29.9 Å². The Morgan fingerprint density at radius 1 is 1.14 bits per heavy atom. The van der Waals surface area contributed by atoms with Gasteiger partial charge >= 0.3 is 0 Å². The maximum Gasteiger partial charge on any atom is 0.243 e. The van der Waals surface area contributed by atoms with Crippen LogP contribution >= 0.6 is 11.8 Å². The third-order valence-electron chi connectivity index (χ3n) is 4.53. The van der Waals surface area contributed by atoms with Crippen molar-refractivity contribution in [3.05, 3.63) is 35.9 Å². The Kier molecular flexibility index (Phi) is 11.5. The van der Waals surface area contributed by atoms with Crippen LogP contribution in [0, 0.1) is 5.92 Å². The Hall–Kier alpha value is -1.86. The molecule has 0 fully saturated rings. The fourth-order valence-electron chi connectivity index (χ4n) is 3.13. The summed E-state index contributed by atoms with van der Waals surface area (Å²) in [7, 11) is 0. The summed E-state index contributed by atoms with van der Waals surface area (Å²) in [5, 5.41) is 14.9. The normalized spacial score (nSPS) is 14.2. The zero-order valence-electron chi connectivity index (χ0n) is 16.9. The van der Waals surface area contributed by atoms with Gasteiger partial charge in [-0.25, -0.2) is 0 Å². The molecule has 6 nitrogen and oxygen atoms in total. The predicted molar refractivity (Wildman–Crippen MR) is 113 cm³/mol. The molecular weight excluding hydrogens is 376 g/mol. The Labute approximate surface area is 171 Å². The van der Waals surface area contributed by atoms with Crippen molar-refractivity contribution < 1.29 is 19.5 Å². The number of Topliss-reactive ketones (excluding diaryl/α,β-unsaturated/α-hetero) is 1. The summed E-state index contributed by atoms with van der Waals surface area (Å²) in [5.74, 6) is -0.0332. The quantitative estimate of drug-likeness (QED) is 0.410. The highest BCUT2D eigenvalue weighted by Gasteiger charge is 2.31. The van der Waals surface area contributed by atoms with Crippen LogP contribution in [-0.4, -0.2) is 53.9 Å². The molecular formula is C21H32N2O4S. The maximum atomic E-state index is 13.3. The van der Waals surface area contributed by atoms with Gasteiger partial charge in [0.25, 0.3) is 0 Å². The van der Waals surface area contributed by atoms with E-state index in [1.807, 2.05) is 50.4 Å². The molecule has 0 spiro atoms. The Morgan fingerprint density at radius 3 is 2.36 bits per heavy atom. The maximum absolute atomic E-state index is 13.3. The SMILES string of the molecule is CSCC[C@H](NC=O)C(=O)N[C@@H](CC(C)C)C(=O)C(CCO)c1ccccc1. The van der Waals surface area contributed by atoms with Crippen LogP contribution < -0.4 is 10.6 Å². The predicted octanol–water partition coefficient (Wildman–Crippen LogP) is 2.12. The van der Waals surface area contributed by atoms with Crippen LogP contribution in [0.1, 0.15) is 44.6 Å². The number of hydrogen-bond donors (Lipinski definition) is 3. The lowest BCUT2D eigenvalue weighted by Gasteiger charge is -2.26. The number of ketones is 1. The van der Waals surface area contributed by atoms with E-state index < -0.39 is 18.0 Å². The van der Waals surface area contributed by atoms with Gasteiger partial charge in [-0.1, -0.05) is 44.2 Å². The number of nitrogens with one attached hydrogen (secondary N) is 2. The van der Waals surface area contributed by atoms with E-state index in [4.69, 9.17) is 0 Å². The number of rotatable bonds is 14. The van der Waals surface area contributed by atoms with Crippen molar-refractivity contribution in [2.45, 2.75) is 51.1 Å². The van der Waals surface area contributed by atoms with Gasteiger partial charge in [0, 0.05) is 12.5 Å². The highest BCUT2D eigenvalue weighted by atomic mass is 32.2. The molecule has 1 aromatic rings. The number of carbonyl (C=O) groups excluding carboxylic acids is 3. The molecule has 0 bridgehead atoms. The van der Waals surface area contributed by atoms with E-state index in [2.05, 4.69) is 10.6 Å². The number of aliphatic hydroxyl groups excluding tert-OH is 1. The summed E-state index contributed by atoms with van der Waals surface area (Å²) in [6.07, 6.45) is 3.74. The molecule has 0 saturated carbocycles. The lowest BCUT2D eigenvalue weighted by Crippen LogP contribution is -2.51. The van der Waals surface area contributed by atoms with Crippen molar-refractivity contribution in [3.63, 3.8) is 0 Å². The zero-order chi connectivity index (χ0) is 20.9. The average Bonchev–Trinajstić information content (AvgIpc) is 2.68. The van der Waals surface area contributed by atoms with Crippen molar-refractivity contribution in [2.75, 3.05) is 18.6 Å². The van der Waals surface area contributed by atoms with Crippen molar-refractivity contribution in [2.24, 2.45) is 5.92 Å². The Balaban J connectivity index is 3.02. The number of amides is 2. The fraction of sp³-hybridized carbons (Fsp3) is 0.571. The molecule has 0 aromatic heterocycles. The topological polar surface area (TPSA) is 95.5 Å². The smallest absolute Gasteiger partial charge is 0.243 e. The second-order valence-corrected chi connectivity index (χ2v) is 8.17. The van der Waals surface area contributed by atoms with Crippen LogP contribution in [0.3, 0.4) is 0 Å². The number of benzene rings is 1. The number of aliphatic hydroxyl groups is 1. The summed E-state index contributed by atoms with van der Waals surface area (Å²) in [6.45, 7) is 3.87. The number of thioether (sulfide) groups is 1. The van der Waals surface area contributed by atoms with Gasteiger partial charge in [0.2, 0.25) is 12.3 Å². The standard InChI is InChI=1S/C21H32N2O4S/c1-15(2)13-19(23-21(27)18(22-14-25)10-12-28-3)20(26)17(9-11-24)16-7-5-4-6-8-16/h4-8,14-15,17-19,24H,9-13H2,1-3H3,(H,22,25)(H,23,27)/t17?,18-,19-/m0/s1. The summed E-state index contributed by atoms with van der Waals surface area (Å²) in [4.78, 5) is 36.9. The van der Waals surface area contributed by atoms with Crippen LogP contribution in [0.4, 0.5) is 0 Å². The molecule has 0 saturated heterocycles. The second kappa shape index (κ2) is 13.3. The minimum atomic E-state index is -0.672.